The number of amides is 2. The summed E-state index contributed by atoms with van der Waals surface area (Å²) in [7, 11) is 3.22. The van der Waals surface area contributed by atoms with Crippen LogP contribution < -0.4 is 16.3 Å². The molecule has 1 saturated heterocycles. The van der Waals surface area contributed by atoms with Crippen molar-refractivity contribution < 1.29 is 18.3 Å². The first kappa shape index (κ1) is 28.1. The summed E-state index contributed by atoms with van der Waals surface area (Å²) >= 11 is 0. The van der Waals surface area contributed by atoms with Crippen LogP contribution in [0.2, 0.25) is 0 Å². The molecule has 5 rings (SSSR count). The predicted octanol–water partition coefficient (Wildman–Crippen LogP) is 3.46. The molecule has 1 aliphatic heterocycles. The second-order valence-electron chi connectivity index (χ2n) is 10.0. The van der Waals surface area contributed by atoms with Gasteiger partial charge in [-0.1, -0.05) is 24.3 Å². The van der Waals surface area contributed by atoms with Crippen LogP contribution >= 0.6 is 0 Å². The van der Waals surface area contributed by atoms with Gasteiger partial charge in [0.1, 0.15) is 11.5 Å². The molecule has 214 valence electrons. The minimum absolute atomic E-state index is 0.264. The van der Waals surface area contributed by atoms with Crippen molar-refractivity contribution in [3.05, 3.63) is 94.2 Å². The number of halogens is 2. The number of hydrogen-bond acceptors (Lipinski definition) is 6. The molecule has 2 aromatic heterocycles. The first-order chi connectivity index (χ1) is 19.7. The maximum atomic E-state index is 14.1. The molecular formula is C29H31F2N7O3. The molecule has 0 aliphatic carbocycles. The van der Waals surface area contributed by atoms with Gasteiger partial charge in [0, 0.05) is 63.2 Å². The second kappa shape index (κ2) is 12.0. The van der Waals surface area contributed by atoms with E-state index in [-0.39, 0.29) is 12.0 Å². The Morgan fingerprint density at radius 1 is 1.12 bits per heavy atom. The van der Waals surface area contributed by atoms with Crippen LogP contribution in [0.15, 0.2) is 65.7 Å². The number of carbonyl (C=O) groups excluding carboxylic acids is 1. The van der Waals surface area contributed by atoms with E-state index in [1.165, 1.54) is 16.8 Å². The monoisotopic (exact) mass is 563 g/mol. The summed E-state index contributed by atoms with van der Waals surface area (Å²) in [5.74, 6) is -1.67. The van der Waals surface area contributed by atoms with E-state index in [1.54, 1.807) is 31.1 Å². The van der Waals surface area contributed by atoms with Crippen molar-refractivity contribution in [2.75, 3.05) is 38.7 Å². The Balaban J connectivity index is 1.44. The molecular weight excluding hydrogens is 532 g/mol. The topological polar surface area (TPSA) is 106 Å². The minimum Gasteiger partial charge on any atom is -0.383 e. The fourth-order valence-corrected chi connectivity index (χ4v) is 5.14. The summed E-state index contributed by atoms with van der Waals surface area (Å²) in [6.07, 6.45) is 3.10. The number of ether oxygens (including phenoxy) is 1. The number of nitrogens with zero attached hydrogens (tertiary/aromatic N) is 5. The number of likely N-dealkylation sites (tertiary alicyclic amines) is 1. The lowest BCUT2D eigenvalue weighted by Gasteiger charge is -2.21. The smallest absolute Gasteiger partial charge is 0.347 e. The number of anilines is 1. The van der Waals surface area contributed by atoms with Crippen molar-refractivity contribution >= 4 is 11.8 Å². The van der Waals surface area contributed by atoms with Crippen molar-refractivity contribution in [2.45, 2.75) is 18.9 Å². The number of benzene rings is 2. The highest BCUT2D eigenvalue weighted by atomic mass is 19.2. The number of para-hydroxylation sites is 1. The molecule has 4 aromatic rings. The van der Waals surface area contributed by atoms with E-state index in [1.807, 2.05) is 37.3 Å². The molecule has 0 spiro atoms. The number of methoxy groups -OCH3 is 1. The Kier molecular flexibility index (Phi) is 8.22. The zero-order valence-electron chi connectivity index (χ0n) is 23.0. The Bertz CT molecular complexity index is 1610. The number of urea groups is 1. The molecule has 12 heteroatoms. The molecule has 2 amide bonds. The highest BCUT2D eigenvalue weighted by Gasteiger charge is 2.35. The van der Waals surface area contributed by atoms with Crippen molar-refractivity contribution in [1.29, 1.82) is 0 Å². The van der Waals surface area contributed by atoms with Gasteiger partial charge in [0.2, 0.25) is 0 Å². The largest absolute Gasteiger partial charge is 0.383 e. The molecule has 1 aliphatic rings. The van der Waals surface area contributed by atoms with Crippen LogP contribution in [-0.2, 0) is 11.8 Å². The summed E-state index contributed by atoms with van der Waals surface area (Å²) in [6, 6.07) is 12.3. The molecule has 3 heterocycles. The van der Waals surface area contributed by atoms with Crippen molar-refractivity contribution in [3.8, 4) is 16.9 Å². The van der Waals surface area contributed by atoms with Gasteiger partial charge in [-0.05, 0) is 36.8 Å². The number of hydrogen-bond donors (Lipinski definition) is 2. The molecule has 1 fully saturated rings. The van der Waals surface area contributed by atoms with E-state index >= 15 is 0 Å². The Labute approximate surface area is 235 Å². The molecule has 0 unspecified atom stereocenters. The van der Waals surface area contributed by atoms with Crippen molar-refractivity contribution in [1.82, 2.24) is 29.5 Å². The van der Waals surface area contributed by atoms with Gasteiger partial charge >= 0.3 is 11.7 Å². The number of aromatic nitrogens is 4. The van der Waals surface area contributed by atoms with E-state index in [9.17, 15) is 18.4 Å². The van der Waals surface area contributed by atoms with Crippen LogP contribution in [0.3, 0.4) is 0 Å². The van der Waals surface area contributed by atoms with Crippen molar-refractivity contribution in [2.24, 2.45) is 7.05 Å². The lowest BCUT2D eigenvalue weighted by atomic mass is 9.94. The summed E-state index contributed by atoms with van der Waals surface area (Å²) in [5, 5.41) is 10.7. The van der Waals surface area contributed by atoms with Gasteiger partial charge in [0.25, 0.3) is 0 Å². The van der Waals surface area contributed by atoms with Crippen LogP contribution in [0.25, 0.3) is 16.9 Å². The molecule has 0 bridgehead atoms. The third kappa shape index (κ3) is 6.03. The van der Waals surface area contributed by atoms with Crippen LogP contribution in [0, 0.1) is 18.6 Å². The lowest BCUT2D eigenvalue weighted by Crippen LogP contribution is -2.42. The highest BCUT2D eigenvalue weighted by Crippen LogP contribution is 2.31. The molecule has 2 N–H and O–H groups in total. The first-order valence-corrected chi connectivity index (χ1v) is 13.2. The molecule has 0 saturated carbocycles. The molecule has 41 heavy (non-hydrogen) atoms. The third-order valence-electron chi connectivity index (χ3n) is 7.27. The first-order valence-electron chi connectivity index (χ1n) is 13.2. The van der Waals surface area contributed by atoms with Crippen molar-refractivity contribution in [3.63, 3.8) is 0 Å². The summed E-state index contributed by atoms with van der Waals surface area (Å²) < 4.78 is 36.0. The molecule has 2 aromatic carbocycles. The Morgan fingerprint density at radius 3 is 2.61 bits per heavy atom. The van der Waals surface area contributed by atoms with Crippen LogP contribution in [0.1, 0.15) is 17.0 Å². The van der Waals surface area contributed by atoms with Crippen LogP contribution in [0.5, 0.6) is 0 Å². The summed E-state index contributed by atoms with van der Waals surface area (Å²) in [5.41, 5.74) is 2.78. The van der Waals surface area contributed by atoms with Crippen LogP contribution in [-0.4, -0.2) is 69.7 Å². The fourth-order valence-electron chi connectivity index (χ4n) is 5.14. The summed E-state index contributed by atoms with van der Waals surface area (Å²) in [4.78, 5) is 31.3. The number of aryl methyl sites for hydroxylation is 1. The zero-order valence-corrected chi connectivity index (χ0v) is 23.0. The lowest BCUT2D eigenvalue weighted by molar-refractivity contribution is 0.159. The minimum atomic E-state index is -0.927. The van der Waals surface area contributed by atoms with Gasteiger partial charge in [-0.25, -0.2) is 28.0 Å². The Hall–Kier alpha value is -4.42. The van der Waals surface area contributed by atoms with Gasteiger partial charge in [0.15, 0.2) is 11.6 Å². The summed E-state index contributed by atoms with van der Waals surface area (Å²) in [6.45, 7) is 4.01. The average molecular weight is 564 g/mol. The maximum absolute atomic E-state index is 14.1. The quantitative estimate of drug-likeness (QED) is 0.340. The van der Waals surface area contributed by atoms with Gasteiger partial charge in [-0.2, -0.15) is 5.10 Å². The third-order valence-corrected chi connectivity index (χ3v) is 7.27. The van der Waals surface area contributed by atoms with E-state index in [2.05, 4.69) is 20.5 Å². The number of rotatable bonds is 8. The molecule has 2 atom stereocenters. The standard InChI is InChI=1S/C29H31F2N7O3/c1-18-26(20-14-32-29(40)36(2)15-20)35-38(21-7-5-4-6-8-21)27(18)34-28(39)33-25-17-37(11-12-41-3)16-22(25)19-9-10-23(30)24(31)13-19/h4-10,13-15,22,25H,11-12,16-17H2,1-3H3,(H2,33,34,39)/t22-,25+/m0/s1. The second-order valence-corrected chi connectivity index (χ2v) is 10.0. The normalized spacial score (nSPS) is 17.1. The predicted molar refractivity (Wildman–Crippen MR) is 150 cm³/mol. The SMILES string of the molecule is COCCN1C[C@@H](NC(=O)Nc2c(C)c(-c3cnc(=O)n(C)c3)nn2-c2ccccc2)[C@H](c2ccc(F)c(F)c2)C1. The van der Waals surface area contributed by atoms with Gasteiger partial charge in [-0.3, -0.25) is 10.2 Å². The average Bonchev–Trinajstić information content (AvgIpc) is 3.51. The van der Waals surface area contributed by atoms with Gasteiger partial charge < -0.3 is 14.6 Å². The number of nitrogens with one attached hydrogen (secondary N) is 2. The van der Waals surface area contributed by atoms with Gasteiger partial charge in [-0.15, -0.1) is 0 Å². The number of carbonyl (C=O) groups is 1. The van der Waals surface area contributed by atoms with Gasteiger partial charge in [0.05, 0.1) is 18.3 Å². The molecule has 10 nitrogen and oxygen atoms in total. The van der Waals surface area contributed by atoms with E-state index in [0.717, 1.165) is 11.8 Å². The Morgan fingerprint density at radius 2 is 1.90 bits per heavy atom. The maximum Gasteiger partial charge on any atom is 0.347 e. The molecule has 0 radical (unpaired) electrons. The zero-order chi connectivity index (χ0) is 29.1. The van der Waals surface area contributed by atoms with Crippen LogP contribution in [0.4, 0.5) is 19.4 Å². The fraction of sp³-hybridized carbons (Fsp3) is 0.310. The highest BCUT2D eigenvalue weighted by molar-refractivity contribution is 5.91. The van der Waals surface area contributed by atoms with E-state index in [4.69, 9.17) is 9.84 Å². The van der Waals surface area contributed by atoms with E-state index < -0.39 is 23.4 Å². The van der Waals surface area contributed by atoms with E-state index in [0.29, 0.717) is 54.4 Å².